The molecule has 3 aromatic heterocycles. The molecule has 3 aromatic rings. The SMILES string of the molecule is C=CC(=O)N1CCCN(c2cc(-c3noc([C@@]4(C)CCCc5sc(N)c(C#N)c54)n3)nc(O[C@@H](C)[C@@H]3CCCN3C)n2)[C@@H](C)C1. The van der Waals surface area contributed by atoms with Crippen molar-refractivity contribution in [1.82, 2.24) is 29.9 Å². The van der Waals surface area contributed by atoms with E-state index in [1.165, 1.54) is 17.4 Å². The van der Waals surface area contributed by atoms with Crippen LogP contribution in [0.3, 0.4) is 0 Å². The van der Waals surface area contributed by atoms with Gasteiger partial charge in [0, 0.05) is 48.2 Å². The van der Waals surface area contributed by atoms with E-state index in [1.807, 2.05) is 17.9 Å². The molecule has 0 unspecified atom stereocenters. The highest BCUT2D eigenvalue weighted by Gasteiger charge is 2.43. The van der Waals surface area contributed by atoms with Gasteiger partial charge in [0.25, 0.3) is 0 Å². The molecule has 2 fully saturated rings. The molecule has 6 rings (SSSR count). The van der Waals surface area contributed by atoms with Crippen molar-refractivity contribution < 1.29 is 14.1 Å². The van der Waals surface area contributed by atoms with Crippen LogP contribution in [0.5, 0.6) is 6.01 Å². The highest BCUT2D eigenvalue weighted by molar-refractivity contribution is 7.16. The average Bonchev–Trinajstić information content (AvgIpc) is 3.74. The first kappa shape index (κ1) is 31.0. The molecular weight excluding hydrogens is 590 g/mol. The Kier molecular flexibility index (Phi) is 8.54. The van der Waals surface area contributed by atoms with Crippen LogP contribution in [-0.4, -0.2) is 87.2 Å². The lowest BCUT2D eigenvalue weighted by Crippen LogP contribution is -2.41. The Morgan fingerprint density at radius 3 is 2.84 bits per heavy atom. The van der Waals surface area contributed by atoms with Crippen molar-refractivity contribution in [3.63, 3.8) is 0 Å². The molecule has 0 aromatic carbocycles. The van der Waals surface area contributed by atoms with Crippen molar-refractivity contribution in [1.29, 1.82) is 5.26 Å². The van der Waals surface area contributed by atoms with Crippen molar-refractivity contribution in [2.75, 3.05) is 43.9 Å². The van der Waals surface area contributed by atoms with Crippen LogP contribution in [-0.2, 0) is 16.6 Å². The zero-order valence-corrected chi connectivity index (χ0v) is 27.3. The molecule has 0 saturated carbocycles. The van der Waals surface area contributed by atoms with E-state index in [9.17, 15) is 10.1 Å². The van der Waals surface area contributed by atoms with Crippen LogP contribution >= 0.6 is 11.3 Å². The van der Waals surface area contributed by atoms with Crippen molar-refractivity contribution in [2.24, 2.45) is 0 Å². The fraction of sp³-hybridized carbons (Fsp3) is 0.562. The zero-order chi connectivity index (χ0) is 31.9. The highest BCUT2D eigenvalue weighted by Crippen LogP contribution is 2.48. The molecule has 2 N–H and O–H groups in total. The third kappa shape index (κ3) is 5.77. The molecule has 238 valence electrons. The van der Waals surface area contributed by atoms with Gasteiger partial charge < -0.3 is 24.8 Å². The second-order valence-corrected chi connectivity index (χ2v) is 13.8. The lowest BCUT2D eigenvalue weighted by molar-refractivity contribution is -0.126. The second-order valence-electron chi connectivity index (χ2n) is 12.7. The quantitative estimate of drug-likeness (QED) is 0.375. The summed E-state index contributed by atoms with van der Waals surface area (Å²) in [5.74, 6) is 1.36. The molecule has 5 heterocycles. The van der Waals surface area contributed by atoms with Gasteiger partial charge in [0.05, 0.1) is 11.0 Å². The number of thiophene rings is 1. The summed E-state index contributed by atoms with van der Waals surface area (Å²) in [4.78, 5) is 34.4. The van der Waals surface area contributed by atoms with E-state index < -0.39 is 5.41 Å². The van der Waals surface area contributed by atoms with Crippen molar-refractivity contribution in [3.8, 4) is 23.6 Å². The molecule has 0 spiro atoms. The first-order valence-corrected chi connectivity index (χ1v) is 16.5. The standard InChI is InChI=1S/C32H41N9O3S/c1-6-26(42)40-14-9-15-41(19(2)18-40)25-16-22(35-31(36-25)43-20(3)23-10-8-13-39(23)5)29-37-30(44-38-29)32(4)12-7-11-24-27(32)21(17-33)28(34)45-24/h6,16,19-20,23H,1,7-15,18,34H2,2-5H3/t19-,20-,23-,32-/m0/s1. The van der Waals surface area contributed by atoms with Gasteiger partial charge in [0.1, 0.15) is 28.7 Å². The number of carbonyl (C=O) groups is 1. The molecule has 1 aliphatic carbocycles. The monoisotopic (exact) mass is 631 g/mol. The number of fused-ring (bicyclic) bond motifs is 1. The van der Waals surface area contributed by atoms with Gasteiger partial charge in [-0.3, -0.25) is 9.69 Å². The van der Waals surface area contributed by atoms with Crippen LogP contribution < -0.4 is 15.4 Å². The molecular formula is C32H41N9O3S. The maximum Gasteiger partial charge on any atom is 0.319 e. The fourth-order valence-corrected chi connectivity index (χ4v) is 8.38. The summed E-state index contributed by atoms with van der Waals surface area (Å²) >= 11 is 1.47. The third-order valence-electron chi connectivity index (χ3n) is 9.61. The summed E-state index contributed by atoms with van der Waals surface area (Å²) < 4.78 is 12.4. The number of nitrogen functional groups attached to an aromatic ring is 1. The fourth-order valence-electron chi connectivity index (χ4n) is 7.19. The molecule has 4 atom stereocenters. The van der Waals surface area contributed by atoms with Gasteiger partial charge in [-0.1, -0.05) is 11.7 Å². The Morgan fingerprint density at radius 1 is 1.29 bits per heavy atom. The van der Waals surface area contributed by atoms with E-state index in [0.29, 0.717) is 53.4 Å². The maximum absolute atomic E-state index is 12.4. The summed E-state index contributed by atoms with van der Waals surface area (Å²) in [7, 11) is 2.12. The lowest BCUT2D eigenvalue weighted by atomic mass is 9.72. The molecule has 0 bridgehead atoms. The summed E-state index contributed by atoms with van der Waals surface area (Å²) in [6.45, 7) is 12.8. The average molecular weight is 632 g/mol. The predicted octanol–water partition coefficient (Wildman–Crippen LogP) is 4.16. The van der Waals surface area contributed by atoms with E-state index in [4.69, 9.17) is 29.9 Å². The van der Waals surface area contributed by atoms with Gasteiger partial charge in [-0.25, -0.2) is 0 Å². The number of aryl methyl sites for hydroxylation is 1. The third-order valence-corrected chi connectivity index (χ3v) is 10.7. The molecule has 2 saturated heterocycles. The number of hydrogen-bond donors (Lipinski definition) is 1. The van der Waals surface area contributed by atoms with E-state index >= 15 is 0 Å². The lowest BCUT2D eigenvalue weighted by Gasteiger charge is -2.31. The van der Waals surface area contributed by atoms with E-state index in [-0.39, 0.29) is 30.1 Å². The Morgan fingerprint density at radius 2 is 2.11 bits per heavy atom. The molecule has 1 amide bonds. The number of anilines is 2. The zero-order valence-electron chi connectivity index (χ0n) is 26.5. The van der Waals surface area contributed by atoms with Crippen molar-refractivity contribution in [3.05, 3.63) is 40.6 Å². The van der Waals surface area contributed by atoms with Crippen LogP contribution in [0.1, 0.15) is 74.8 Å². The molecule has 0 radical (unpaired) electrons. The van der Waals surface area contributed by atoms with Crippen molar-refractivity contribution >= 4 is 28.1 Å². The minimum absolute atomic E-state index is 0.0146. The summed E-state index contributed by atoms with van der Waals surface area (Å²) in [5.41, 5.74) is 7.48. The number of rotatable bonds is 7. The van der Waals surface area contributed by atoms with E-state index in [2.05, 4.69) is 48.5 Å². The van der Waals surface area contributed by atoms with Crippen molar-refractivity contribution in [2.45, 2.75) is 82.9 Å². The smallest absolute Gasteiger partial charge is 0.319 e. The number of nitrogens with zero attached hydrogens (tertiary/aromatic N) is 8. The highest BCUT2D eigenvalue weighted by atomic mass is 32.1. The predicted molar refractivity (Wildman–Crippen MR) is 172 cm³/mol. The van der Waals surface area contributed by atoms with Gasteiger partial charge in [0.2, 0.25) is 17.6 Å². The Labute approximate surface area is 267 Å². The summed E-state index contributed by atoms with van der Waals surface area (Å²) in [5, 5.41) is 14.8. The van der Waals surface area contributed by atoms with E-state index in [1.54, 1.807) is 0 Å². The van der Waals surface area contributed by atoms with Crippen LogP contribution in [0.25, 0.3) is 11.5 Å². The number of amides is 1. The first-order chi connectivity index (χ1) is 21.6. The number of carbonyl (C=O) groups excluding carboxylic acids is 1. The summed E-state index contributed by atoms with van der Waals surface area (Å²) in [6.07, 6.45) is 6.75. The first-order valence-electron chi connectivity index (χ1n) is 15.7. The van der Waals surface area contributed by atoms with Gasteiger partial charge >= 0.3 is 6.01 Å². The molecule has 12 nitrogen and oxygen atoms in total. The topological polar surface area (TPSA) is 151 Å². The van der Waals surface area contributed by atoms with Gasteiger partial charge in [-0.15, -0.1) is 11.3 Å². The second kappa shape index (κ2) is 12.4. The van der Waals surface area contributed by atoms with Crippen LogP contribution in [0, 0.1) is 11.3 Å². The van der Waals surface area contributed by atoms with Crippen LogP contribution in [0.15, 0.2) is 23.2 Å². The Balaban J connectivity index is 1.37. The number of likely N-dealkylation sites (tertiary alicyclic amines) is 1. The summed E-state index contributed by atoms with van der Waals surface area (Å²) in [6, 6.07) is 4.67. The van der Waals surface area contributed by atoms with Crippen LogP contribution in [0.2, 0.25) is 0 Å². The number of aromatic nitrogens is 4. The maximum atomic E-state index is 12.4. The largest absolute Gasteiger partial charge is 0.459 e. The van der Waals surface area contributed by atoms with Crippen LogP contribution in [0.4, 0.5) is 10.8 Å². The minimum atomic E-state index is -0.644. The molecule has 2 aliphatic heterocycles. The number of hydrogen-bond acceptors (Lipinski definition) is 12. The Hall–Kier alpha value is -4.02. The molecule has 45 heavy (non-hydrogen) atoms. The van der Waals surface area contributed by atoms with E-state index in [0.717, 1.165) is 55.5 Å². The number of ether oxygens (including phenoxy) is 1. The number of nitrogens with two attached hydrogens (primary N) is 1. The number of nitriles is 1. The van der Waals surface area contributed by atoms with Gasteiger partial charge in [0.15, 0.2) is 0 Å². The molecule has 13 heteroatoms. The molecule has 3 aliphatic rings. The normalized spacial score (nSPS) is 24.5. The van der Waals surface area contributed by atoms with Gasteiger partial charge in [-0.05, 0) is 79.0 Å². The Bertz CT molecular complexity index is 1630. The van der Waals surface area contributed by atoms with Gasteiger partial charge in [-0.2, -0.15) is 20.2 Å². The minimum Gasteiger partial charge on any atom is -0.459 e. The number of likely N-dealkylation sites (N-methyl/N-ethyl adjacent to an activating group) is 1.